The molecule has 0 aromatic carbocycles. The van der Waals surface area contributed by atoms with Crippen molar-refractivity contribution in [2.45, 2.75) is 32.2 Å². The van der Waals surface area contributed by atoms with E-state index in [-0.39, 0.29) is 17.9 Å². The lowest BCUT2D eigenvalue weighted by molar-refractivity contribution is -0.119. The van der Waals surface area contributed by atoms with Crippen LogP contribution in [-0.4, -0.2) is 16.9 Å². The fourth-order valence-corrected chi connectivity index (χ4v) is 2.34. The molecule has 0 spiro atoms. The van der Waals surface area contributed by atoms with Crippen molar-refractivity contribution in [1.29, 1.82) is 0 Å². The molecule has 1 fully saturated rings. The zero-order chi connectivity index (χ0) is 12.4. The van der Waals surface area contributed by atoms with Crippen LogP contribution in [0, 0.1) is 12.8 Å². The van der Waals surface area contributed by atoms with Crippen LogP contribution in [0.1, 0.15) is 24.8 Å². The summed E-state index contributed by atoms with van der Waals surface area (Å²) in [6, 6.07) is 2.08. The monoisotopic (exact) mass is 297 g/mol. The number of nitrogens with zero attached hydrogens (tertiary/aromatic N) is 1. The first kappa shape index (κ1) is 12.5. The number of aryl methyl sites for hydroxylation is 1. The maximum absolute atomic E-state index is 12.0. The van der Waals surface area contributed by atoms with Gasteiger partial charge in [0.1, 0.15) is 4.60 Å². The Balaban J connectivity index is 2.00. The lowest BCUT2D eigenvalue weighted by atomic mass is 10.1. The SMILES string of the molecule is Cc1cc(NC(=O)C2CCC(N)C2)cnc1Br. The van der Waals surface area contributed by atoms with Crippen LogP contribution in [0.25, 0.3) is 0 Å². The van der Waals surface area contributed by atoms with E-state index in [9.17, 15) is 4.79 Å². The summed E-state index contributed by atoms with van der Waals surface area (Å²) in [5, 5.41) is 2.89. The molecule has 2 unspecified atom stereocenters. The summed E-state index contributed by atoms with van der Waals surface area (Å²) in [5.74, 6) is 0.107. The minimum Gasteiger partial charge on any atom is -0.328 e. The third-order valence-electron chi connectivity index (χ3n) is 3.13. The number of nitrogens with two attached hydrogens (primary N) is 1. The van der Waals surface area contributed by atoms with Crippen LogP contribution in [0.4, 0.5) is 5.69 Å². The molecule has 3 N–H and O–H groups in total. The van der Waals surface area contributed by atoms with Gasteiger partial charge >= 0.3 is 0 Å². The Bertz CT molecular complexity index is 436. The highest BCUT2D eigenvalue weighted by atomic mass is 79.9. The number of amides is 1. The van der Waals surface area contributed by atoms with Crippen molar-refractivity contribution in [3.63, 3.8) is 0 Å². The Hall–Kier alpha value is -0.940. The van der Waals surface area contributed by atoms with Gasteiger partial charge in [-0.2, -0.15) is 0 Å². The number of hydrogen-bond donors (Lipinski definition) is 2. The standard InChI is InChI=1S/C12H16BrN3O/c1-7-4-10(6-15-11(7)13)16-12(17)8-2-3-9(14)5-8/h4,6,8-9H,2-3,5,14H2,1H3,(H,16,17). The molecule has 1 aromatic heterocycles. The molecule has 1 aliphatic rings. The molecule has 17 heavy (non-hydrogen) atoms. The minimum atomic E-state index is 0.0500. The molecule has 4 nitrogen and oxygen atoms in total. The summed E-state index contributed by atoms with van der Waals surface area (Å²) in [5.41, 5.74) is 7.55. The van der Waals surface area contributed by atoms with E-state index in [1.165, 1.54) is 0 Å². The van der Waals surface area contributed by atoms with E-state index < -0.39 is 0 Å². The topological polar surface area (TPSA) is 68.0 Å². The average Bonchev–Trinajstić information content (AvgIpc) is 2.70. The van der Waals surface area contributed by atoms with Gasteiger partial charge < -0.3 is 11.1 Å². The maximum atomic E-state index is 12.0. The number of anilines is 1. The van der Waals surface area contributed by atoms with Crippen LogP contribution in [-0.2, 0) is 4.79 Å². The van der Waals surface area contributed by atoms with Crippen LogP contribution in [0.3, 0.4) is 0 Å². The van der Waals surface area contributed by atoms with Crippen LogP contribution in [0.5, 0.6) is 0 Å². The predicted octanol–water partition coefficient (Wildman–Crippen LogP) is 2.22. The highest BCUT2D eigenvalue weighted by molar-refractivity contribution is 9.10. The van der Waals surface area contributed by atoms with Crippen LogP contribution >= 0.6 is 15.9 Å². The van der Waals surface area contributed by atoms with E-state index in [0.29, 0.717) is 0 Å². The molecule has 1 saturated carbocycles. The van der Waals surface area contributed by atoms with Crippen LogP contribution < -0.4 is 11.1 Å². The molecule has 1 amide bonds. The molecule has 92 valence electrons. The van der Waals surface area contributed by atoms with Gasteiger partial charge in [-0.25, -0.2) is 4.98 Å². The maximum Gasteiger partial charge on any atom is 0.227 e. The van der Waals surface area contributed by atoms with E-state index in [2.05, 4.69) is 26.2 Å². The first-order valence-corrected chi connectivity index (χ1v) is 6.54. The highest BCUT2D eigenvalue weighted by Gasteiger charge is 2.27. The number of rotatable bonds is 2. The van der Waals surface area contributed by atoms with Gasteiger partial charge in [-0.1, -0.05) is 0 Å². The lowest BCUT2D eigenvalue weighted by Crippen LogP contribution is -2.23. The quantitative estimate of drug-likeness (QED) is 0.823. The molecule has 1 aromatic rings. The molecule has 0 bridgehead atoms. The van der Waals surface area contributed by atoms with Crippen LogP contribution in [0.15, 0.2) is 16.9 Å². The van der Waals surface area contributed by atoms with Gasteiger partial charge in [-0.15, -0.1) is 0 Å². The first-order chi connectivity index (χ1) is 8.06. The molecular formula is C12H16BrN3O. The fourth-order valence-electron chi connectivity index (χ4n) is 2.13. The Morgan fingerprint density at radius 2 is 2.35 bits per heavy atom. The van der Waals surface area contributed by atoms with Crippen LogP contribution in [0.2, 0.25) is 0 Å². The van der Waals surface area contributed by atoms with Crippen molar-refractivity contribution in [2.24, 2.45) is 11.7 Å². The van der Waals surface area contributed by atoms with Crippen molar-refractivity contribution in [1.82, 2.24) is 4.98 Å². The van der Waals surface area contributed by atoms with Gasteiger partial charge in [0, 0.05) is 12.0 Å². The number of aromatic nitrogens is 1. The second-order valence-electron chi connectivity index (χ2n) is 4.59. The van der Waals surface area contributed by atoms with Gasteiger partial charge in [0.2, 0.25) is 5.91 Å². The van der Waals surface area contributed by atoms with E-state index >= 15 is 0 Å². The smallest absolute Gasteiger partial charge is 0.227 e. The zero-order valence-corrected chi connectivity index (χ0v) is 11.3. The summed E-state index contributed by atoms with van der Waals surface area (Å²) >= 11 is 3.33. The molecule has 5 heteroatoms. The average molecular weight is 298 g/mol. The summed E-state index contributed by atoms with van der Waals surface area (Å²) < 4.78 is 0.804. The number of pyridine rings is 1. The van der Waals surface area contributed by atoms with Gasteiger partial charge in [-0.3, -0.25) is 4.79 Å². The zero-order valence-electron chi connectivity index (χ0n) is 9.74. The third kappa shape index (κ3) is 3.04. The molecule has 0 saturated heterocycles. The molecule has 0 aliphatic heterocycles. The predicted molar refractivity (Wildman–Crippen MR) is 70.6 cm³/mol. The number of carbonyl (C=O) groups is 1. The van der Waals surface area contributed by atoms with E-state index in [0.717, 1.165) is 35.1 Å². The molecular weight excluding hydrogens is 282 g/mol. The van der Waals surface area contributed by atoms with Gasteiger partial charge in [0.05, 0.1) is 11.9 Å². The van der Waals surface area contributed by atoms with E-state index in [4.69, 9.17) is 5.73 Å². The van der Waals surface area contributed by atoms with Gasteiger partial charge in [-0.05, 0) is 53.7 Å². The van der Waals surface area contributed by atoms with Crippen molar-refractivity contribution >= 4 is 27.5 Å². The summed E-state index contributed by atoms with van der Waals surface area (Å²) in [7, 11) is 0. The Kier molecular flexibility index (Phi) is 3.79. The molecule has 2 rings (SSSR count). The lowest BCUT2D eigenvalue weighted by Gasteiger charge is -2.11. The molecule has 0 radical (unpaired) electrons. The second kappa shape index (κ2) is 5.14. The summed E-state index contributed by atoms with van der Waals surface area (Å²) in [6.07, 6.45) is 4.27. The van der Waals surface area contributed by atoms with Gasteiger partial charge in [0.15, 0.2) is 0 Å². The minimum absolute atomic E-state index is 0.0500. The largest absolute Gasteiger partial charge is 0.328 e. The fraction of sp³-hybridized carbons (Fsp3) is 0.500. The number of hydrogen-bond acceptors (Lipinski definition) is 3. The molecule has 1 heterocycles. The number of carbonyl (C=O) groups excluding carboxylic acids is 1. The highest BCUT2D eigenvalue weighted by Crippen LogP contribution is 2.26. The number of nitrogens with one attached hydrogen (secondary N) is 1. The normalized spacial score (nSPS) is 23.7. The Morgan fingerprint density at radius 3 is 2.94 bits per heavy atom. The van der Waals surface area contributed by atoms with Gasteiger partial charge in [0.25, 0.3) is 0 Å². The summed E-state index contributed by atoms with van der Waals surface area (Å²) in [6.45, 7) is 1.94. The third-order valence-corrected chi connectivity index (χ3v) is 3.96. The van der Waals surface area contributed by atoms with Crippen molar-refractivity contribution in [3.8, 4) is 0 Å². The first-order valence-electron chi connectivity index (χ1n) is 5.75. The van der Waals surface area contributed by atoms with E-state index in [1.807, 2.05) is 13.0 Å². The number of halogens is 1. The van der Waals surface area contributed by atoms with Crippen molar-refractivity contribution in [3.05, 3.63) is 22.4 Å². The van der Waals surface area contributed by atoms with E-state index in [1.54, 1.807) is 6.20 Å². The van der Waals surface area contributed by atoms with Crippen molar-refractivity contribution < 1.29 is 4.79 Å². The second-order valence-corrected chi connectivity index (χ2v) is 5.34. The Labute approximate surface area is 109 Å². The summed E-state index contributed by atoms with van der Waals surface area (Å²) in [4.78, 5) is 16.1. The Morgan fingerprint density at radius 1 is 1.59 bits per heavy atom. The molecule has 2 atom stereocenters. The molecule has 1 aliphatic carbocycles. The van der Waals surface area contributed by atoms with Crippen molar-refractivity contribution in [2.75, 3.05) is 5.32 Å².